The number of anilines is 2. The summed E-state index contributed by atoms with van der Waals surface area (Å²) in [6.07, 6.45) is 1.54. The van der Waals surface area contributed by atoms with Crippen molar-refractivity contribution in [2.75, 3.05) is 11.1 Å². The van der Waals surface area contributed by atoms with Crippen LogP contribution in [0.4, 0.5) is 11.7 Å². The molecule has 0 saturated heterocycles. The summed E-state index contributed by atoms with van der Waals surface area (Å²) in [7, 11) is 0. The maximum Gasteiger partial charge on any atom is 0.231 e. The largest absolute Gasteiger partial charge is 0.383 e. The number of hydrogen-bond acceptors (Lipinski definition) is 7. The number of nitrogens with two attached hydrogens (primary N) is 1. The summed E-state index contributed by atoms with van der Waals surface area (Å²) in [6, 6.07) is 8.15. The van der Waals surface area contributed by atoms with Gasteiger partial charge in [-0.3, -0.25) is 10.1 Å². The molecule has 1 aromatic carbocycles. The minimum Gasteiger partial charge on any atom is -0.383 e. The highest BCUT2D eigenvalue weighted by atomic mass is 16.5. The average molecular weight is 435 g/mol. The van der Waals surface area contributed by atoms with Gasteiger partial charge in [-0.25, -0.2) is 14.6 Å². The van der Waals surface area contributed by atoms with Crippen LogP contribution in [0, 0.1) is 0 Å². The lowest BCUT2D eigenvalue weighted by Crippen LogP contribution is -2.14. The molecular formula is C23H27N7O2. The van der Waals surface area contributed by atoms with Gasteiger partial charge in [0.15, 0.2) is 5.65 Å². The first-order chi connectivity index (χ1) is 15.4. The second-order valence-electron chi connectivity index (χ2n) is 8.91. The smallest absolute Gasteiger partial charge is 0.231 e. The molecular weight excluding hydrogens is 406 g/mol. The highest BCUT2D eigenvalue weighted by Crippen LogP contribution is 2.31. The number of amides is 1. The summed E-state index contributed by atoms with van der Waals surface area (Å²) < 4.78 is 15.1. The third-order valence-corrected chi connectivity index (χ3v) is 5.05. The van der Waals surface area contributed by atoms with E-state index in [1.807, 2.05) is 45.0 Å². The quantitative estimate of drug-likeness (QED) is 0.484. The van der Waals surface area contributed by atoms with Crippen molar-refractivity contribution in [1.82, 2.24) is 24.9 Å². The molecule has 0 aliphatic rings. The number of hydrogen-bond donors (Lipinski definition) is 2. The van der Waals surface area contributed by atoms with Crippen molar-refractivity contribution in [3.63, 3.8) is 0 Å². The molecule has 1 amide bonds. The van der Waals surface area contributed by atoms with E-state index in [1.54, 1.807) is 19.9 Å². The van der Waals surface area contributed by atoms with E-state index in [9.17, 15) is 4.79 Å². The monoisotopic (exact) mass is 434 g/mol. The van der Waals surface area contributed by atoms with Crippen molar-refractivity contribution >= 4 is 28.6 Å². The second-order valence-corrected chi connectivity index (χ2v) is 8.91. The number of carbonyl (C=O) groups excluding carboxylic acids is 1. The molecule has 32 heavy (non-hydrogen) atoms. The van der Waals surface area contributed by atoms with E-state index >= 15 is 0 Å². The lowest BCUT2D eigenvalue weighted by Gasteiger charge is -2.12. The first-order valence-electron chi connectivity index (χ1n) is 10.8. The van der Waals surface area contributed by atoms with E-state index in [0.29, 0.717) is 28.4 Å². The summed E-state index contributed by atoms with van der Waals surface area (Å²) in [4.78, 5) is 20.8. The van der Waals surface area contributed by atoms with E-state index in [0.717, 1.165) is 16.8 Å². The number of rotatable bonds is 5. The number of carbonyl (C=O) groups is 1. The third-order valence-electron chi connectivity index (χ3n) is 5.05. The average Bonchev–Trinajstić information content (AvgIpc) is 3.34. The van der Waals surface area contributed by atoms with Gasteiger partial charge in [0.05, 0.1) is 18.9 Å². The summed E-state index contributed by atoms with van der Waals surface area (Å²) in [5, 5.41) is 12.0. The van der Waals surface area contributed by atoms with Crippen LogP contribution in [0.15, 0.2) is 41.2 Å². The van der Waals surface area contributed by atoms with Crippen molar-refractivity contribution < 1.29 is 10.7 Å². The molecule has 0 unspecified atom stereocenters. The molecule has 3 heterocycles. The molecule has 3 N–H and O–H groups in total. The van der Waals surface area contributed by atoms with Gasteiger partial charge in [0.1, 0.15) is 17.8 Å². The van der Waals surface area contributed by atoms with Crippen LogP contribution in [-0.2, 0) is 16.6 Å². The van der Waals surface area contributed by atoms with Gasteiger partial charge in [0.2, 0.25) is 11.8 Å². The maximum atomic E-state index is 12.5. The minimum absolute atomic E-state index is 0.164. The zero-order chi connectivity index (χ0) is 24.0. The van der Waals surface area contributed by atoms with Gasteiger partial charge in [-0.1, -0.05) is 50.2 Å². The SMILES string of the molecule is [2H]C(C)(C)n1nc(-c2ccc(CC(=O)Nc3cc(C(C)(C)C)no3)cc2)c2c(N)ncnc21. The number of nitrogens with zero attached hydrogens (tertiary/aromatic N) is 5. The van der Waals surface area contributed by atoms with Gasteiger partial charge < -0.3 is 10.3 Å². The number of aromatic nitrogens is 5. The number of fused-ring (bicyclic) bond motifs is 1. The number of nitrogens with one attached hydrogen (secondary N) is 1. The zero-order valence-corrected chi connectivity index (χ0v) is 18.8. The Kier molecular flexibility index (Phi) is 5.08. The normalized spacial score (nSPS) is 12.7. The highest BCUT2D eigenvalue weighted by Gasteiger charge is 2.20. The molecule has 0 aliphatic carbocycles. The van der Waals surface area contributed by atoms with E-state index < -0.39 is 6.02 Å². The molecule has 166 valence electrons. The molecule has 9 heteroatoms. The molecule has 4 aromatic rings. The van der Waals surface area contributed by atoms with Crippen LogP contribution in [0.2, 0.25) is 0 Å². The fraction of sp³-hybridized carbons (Fsp3) is 0.348. The van der Waals surface area contributed by atoms with E-state index in [4.69, 9.17) is 11.6 Å². The van der Waals surface area contributed by atoms with Crippen LogP contribution in [0.3, 0.4) is 0 Å². The molecule has 0 fully saturated rings. The van der Waals surface area contributed by atoms with Crippen LogP contribution in [0.25, 0.3) is 22.3 Å². The van der Waals surface area contributed by atoms with Gasteiger partial charge in [-0.2, -0.15) is 5.10 Å². The Hall–Kier alpha value is -3.75. The van der Waals surface area contributed by atoms with Crippen LogP contribution in [0.5, 0.6) is 0 Å². The van der Waals surface area contributed by atoms with E-state index in [1.165, 1.54) is 11.0 Å². The molecule has 0 aliphatic heterocycles. The van der Waals surface area contributed by atoms with Gasteiger partial charge in [-0.05, 0) is 19.4 Å². The minimum atomic E-state index is -1.02. The summed E-state index contributed by atoms with van der Waals surface area (Å²) in [6.45, 7) is 9.52. The molecule has 0 saturated carbocycles. The fourth-order valence-electron chi connectivity index (χ4n) is 3.32. The zero-order valence-electron chi connectivity index (χ0n) is 19.8. The first-order valence-corrected chi connectivity index (χ1v) is 10.3. The topological polar surface area (TPSA) is 125 Å². The lowest BCUT2D eigenvalue weighted by molar-refractivity contribution is -0.115. The Balaban J connectivity index is 1.55. The van der Waals surface area contributed by atoms with Gasteiger partial charge in [0, 0.05) is 23.1 Å². The van der Waals surface area contributed by atoms with Crippen molar-refractivity contribution in [2.45, 2.75) is 52.5 Å². The number of benzene rings is 1. The lowest BCUT2D eigenvalue weighted by atomic mass is 9.92. The number of nitrogen functional groups attached to an aromatic ring is 1. The predicted molar refractivity (Wildman–Crippen MR) is 123 cm³/mol. The standard InChI is InChI=1S/C23H27N7O2/c1-13(2)30-22-19(21(24)25-12-26-22)20(28-30)15-8-6-14(7-9-15)10-17(31)27-18-11-16(29-32-18)23(3,4)5/h6-9,11-13H,10H2,1-5H3,(H,27,31)(H2,24,25,26)/i13D. The van der Waals surface area contributed by atoms with Crippen molar-refractivity contribution in [1.29, 1.82) is 0 Å². The molecule has 4 rings (SSSR count). The van der Waals surface area contributed by atoms with E-state index in [-0.39, 0.29) is 17.7 Å². The highest BCUT2D eigenvalue weighted by molar-refractivity contribution is 5.98. The van der Waals surface area contributed by atoms with Crippen molar-refractivity contribution in [2.24, 2.45) is 0 Å². The van der Waals surface area contributed by atoms with E-state index in [2.05, 4.69) is 25.5 Å². The predicted octanol–water partition coefficient (Wildman–Crippen LogP) is 4.12. The van der Waals surface area contributed by atoms with Crippen molar-refractivity contribution in [3.05, 3.63) is 47.9 Å². The Bertz CT molecular complexity index is 1310. The molecule has 0 radical (unpaired) electrons. The Morgan fingerprint density at radius 1 is 1.25 bits per heavy atom. The molecule has 0 bridgehead atoms. The summed E-state index contributed by atoms with van der Waals surface area (Å²) in [5.41, 5.74) is 9.43. The molecule has 0 spiro atoms. The Labute approximate surface area is 187 Å². The third kappa shape index (κ3) is 4.18. The van der Waals surface area contributed by atoms with Gasteiger partial charge in [-0.15, -0.1) is 0 Å². The summed E-state index contributed by atoms with van der Waals surface area (Å²) in [5.74, 6) is 0.422. The Morgan fingerprint density at radius 2 is 1.97 bits per heavy atom. The van der Waals surface area contributed by atoms with Crippen LogP contribution in [0.1, 0.15) is 53.3 Å². The summed E-state index contributed by atoms with van der Waals surface area (Å²) >= 11 is 0. The fourth-order valence-corrected chi connectivity index (χ4v) is 3.32. The van der Waals surface area contributed by atoms with Crippen molar-refractivity contribution in [3.8, 4) is 11.3 Å². The molecule has 0 atom stereocenters. The second kappa shape index (κ2) is 8.07. The van der Waals surface area contributed by atoms with Crippen LogP contribution >= 0.6 is 0 Å². The first kappa shape index (κ1) is 20.2. The van der Waals surface area contributed by atoms with Gasteiger partial charge in [0.25, 0.3) is 0 Å². The van der Waals surface area contributed by atoms with Crippen LogP contribution < -0.4 is 11.1 Å². The molecule has 3 aromatic heterocycles. The Morgan fingerprint density at radius 3 is 2.59 bits per heavy atom. The van der Waals surface area contributed by atoms with Crippen LogP contribution in [-0.4, -0.2) is 30.8 Å². The van der Waals surface area contributed by atoms with Gasteiger partial charge >= 0.3 is 0 Å². The maximum absolute atomic E-state index is 12.5. The molecule has 9 nitrogen and oxygen atoms in total.